The van der Waals surface area contributed by atoms with E-state index >= 15 is 0 Å². The largest absolute Gasteiger partial charge is 0.471 e. The van der Waals surface area contributed by atoms with Crippen LogP contribution in [0.25, 0.3) is 0 Å². The van der Waals surface area contributed by atoms with Gasteiger partial charge >= 0.3 is 18.3 Å². The van der Waals surface area contributed by atoms with Gasteiger partial charge in [0.25, 0.3) is 0 Å². The molecule has 1 amide bonds. The Kier molecular flexibility index (Phi) is 5.39. The quantitative estimate of drug-likeness (QED) is 0.797. The van der Waals surface area contributed by atoms with E-state index in [0.717, 1.165) is 6.07 Å². The lowest BCUT2D eigenvalue weighted by Crippen LogP contribution is -2.44. The molecule has 22 heavy (non-hydrogen) atoms. The highest BCUT2D eigenvalue weighted by molar-refractivity contribution is 5.96. The molecule has 0 aliphatic heterocycles. The summed E-state index contributed by atoms with van der Waals surface area (Å²) in [5, 5.41) is 0. The summed E-state index contributed by atoms with van der Waals surface area (Å²) in [6.07, 6.45) is -9.41. The van der Waals surface area contributed by atoms with Gasteiger partial charge in [-0.05, 0) is 26.2 Å². The first-order chi connectivity index (χ1) is 9.93. The molecule has 0 saturated carbocycles. The molecule has 4 nitrogen and oxygen atoms in total. The fourth-order valence-corrected chi connectivity index (χ4v) is 1.49. The van der Waals surface area contributed by atoms with Gasteiger partial charge in [0, 0.05) is 19.3 Å². The fourth-order valence-electron chi connectivity index (χ4n) is 1.49. The van der Waals surface area contributed by atoms with Gasteiger partial charge in [-0.3, -0.25) is 9.69 Å². The summed E-state index contributed by atoms with van der Waals surface area (Å²) in [5.41, 5.74) is -1.11. The topological polar surface area (TPSA) is 36.4 Å². The van der Waals surface area contributed by atoms with Gasteiger partial charge in [0.2, 0.25) is 0 Å². The van der Waals surface area contributed by atoms with Crippen molar-refractivity contribution < 1.29 is 31.1 Å². The Bertz CT molecular complexity index is 509. The first-order valence-electron chi connectivity index (χ1n) is 5.99. The highest BCUT2D eigenvalue weighted by Crippen LogP contribution is 2.30. The van der Waals surface area contributed by atoms with E-state index in [1.54, 1.807) is 14.1 Å². The van der Waals surface area contributed by atoms with Gasteiger partial charge in [-0.25, -0.2) is 4.98 Å². The second-order valence-corrected chi connectivity index (χ2v) is 4.66. The van der Waals surface area contributed by atoms with Crippen LogP contribution >= 0.6 is 0 Å². The third-order valence-electron chi connectivity index (χ3n) is 2.61. The van der Waals surface area contributed by atoms with Crippen LogP contribution in [0.4, 0.5) is 32.2 Å². The van der Waals surface area contributed by atoms with Crippen LogP contribution in [-0.2, 0) is 11.0 Å². The summed E-state index contributed by atoms with van der Waals surface area (Å²) in [6.45, 7) is -0.270. The maximum atomic E-state index is 12.6. The van der Waals surface area contributed by atoms with E-state index in [2.05, 4.69) is 4.98 Å². The molecule has 0 aliphatic rings. The molecule has 0 aliphatic carbocycles. The number of hydrogen-bond acceptors (Lipinski definition) is 3. The number of hydrogen-bond donors (Lipinski definition) is 0. The maximum absolute atomic E-state index is 12.6. The van der Waals surface area contributed by atoms with Crippen LogP contribution < -0.4 is 4.90 Å². The summed E-state index contributed by atoms with van der Waals surface area (Å²) >= 11 is 0. The molecule has 0 aromatic carbocycles. The van der Waals surface area contributed by atoms with Gasteiger partial charge in [-0.1, -0.05) is 0 Å². The number of aromatic nitrogens is 1. The van der Waals surface area contributed by atoms with Gasteiger partial charge in [-0.15, -0.1) is 0 Å². The first kappa shape index (κ1) is 18.2. The zero-order valence-corrected chi connectivity index (χ0v) is 11.7. The SMILES string of the molecule is CN(C)CCN(C(=O)C(F)(F)F)c1ccc(C(F)(F)F)cn1. The number of alkyl halides is 6. The third kappa shape index (κ3) is 4.86. The molecule has 0 N–H and O–H groups in total. The van der Waals surface area contributed by atoms with Crippen LogP contribution in [0.3, 0.4) is 0 Å². The van der Waals surface area contributed by atoms with Crippen molar-refractivity contribution in [2.24, 2.45) is 0 Å². The number of carbonyl (C=O) groups excluding carboxylic acids is 1. The summed E-state index contributed by atoms with van der Waals surface area (Å²) in [6, 6.07) is 1.32. The van der Waals surface area contributed by atoms with Gasteiger partial charge in [-0.2, -0.15) is 26.3 Å². The van der Waals surface area contributed by atoms with Crippen LogP contribution in [0.1, 0.15) is 5.56 Å². The summed E-state index contributed by atoms with van der Waals surface area (Å²) < 4.78 is 74.9. The predicted octanol–water partition coefficient (Wildman–Crippen LogP) is 2.56. The van der Waals surface area contributed by atoms with Crippen LogP contribution in [0.15, 0.2) is 18.3 Å². The monoisotopic (exact) mass is 329 g/mol. The fraction of sp³-hybridized carbons (Fsp3) is 0.500. The number of anilines is 1. The van der Waals surface area contributed by atoms with Crippen molar-refractivity contribution in [3.05, 3.63) is 23.9 Å². The van der Waals surface area contributed by atoms with Crippen molar-refractivity contribution in [2.75, 3.05) is 32.1 Å². The molecule has 1 aromatic rings. The van der Waals surface area contributed by atoms with Gasteiger partial charge in [0.1, 0.15) is 5.82 Å². The first-order valence-corrected chi connectivity index (χ1v) is 5.99. The number of amides is 1. The molecule has 0 spiro atoms. The Hall–Kier alpha value is -1.84. The maximum Gasteiger partial charge on any atom is 0.471 e. The molecule has 1 aromatic heterocycles. The highest BCUT2D eigenvalue weighted by Gasteiger charge is 2.43. The lowest BCUT2D eigenvalue weighted by Gasteiger charge is -2.24. The van der Waals surface area contributed by atoms with E-state index in [9.17, 15) is 31.1 Å². The van der Waals surface area contributed by atoms with Crippen LogP contribution in [0, 0.1) is 0 Å². The van der Waals surface area contributed by atoms with E-state index in [0.29, 0.717) is 17.2 Å². The van der Waals surface area contributed by atoms with Crippen molar-refractivity contribution in [3.63, 3.8) is 0 Å². The zero-order valence-electron chi connectivity index (χ0n) is 11.7. The van der Waals surface area contributed by atoms with Crippen molar-refractivity contribution in [2.45, 2.75) is 12.4 Å². The van der Waals surface area contributed by atoms with Crippen molar-refractivity contribution >= 4 is 11.7 Å². The average Bonchev–Trinajstić information content (AvgIpc) is 2.36. The van der Waals surface area contributed by atoms with Gasteiger partial charge in [0.05, 0.1) is 5.56 Å². The average molecular weight is 329 g/mol. The Morgan fingerprint density at radius 2 is 1.68 bits per heavy atom. The molecular formula is C12H13F6N3O. The number of likely N-dealkylation sites (N-methyl/N-ethyl adjacent to an activating group) is 1. The molecule has 10 heteroatoms. The van der Waals surface area contributed by atoms with Crippen LogP contribution in [0.5, 0.6) is 0 Å². The molecule has 1 rings (SSSR count). The minimum Gasteiger partial charge on any atom is -0.308 e. The van der Waals surface area contributed by atoms with E-state index in [-0.39, 0.29) is 13.1 Å². The van der Waals surface area contributed by atoms with E-state index in [4.69, 9.17) is 0 Å². The normalized spacial score (nSPS) is 12.6. The third-order valence-corrected chi connectivity index (χ3v) is 2.61. The molecule has 0 radical (unpaired) electrons. The van der Waals surface area contributed by atoms with Crippen molar-refractivity contribution in [1.29, 1.82) is 0 Å². The van der Waals surface area contributed by atoms with E-state index in [1.807, 2.05) is 0 Å². The predicted molar refractivity (Wildman–Crippen MR) is 66.2 cm³/mol. The number of rotatable bonds is 4. The molecule has 0 atom stereocenters. The van der Waals surface area contributed by atoms with E-state index in [1.165, 1.54) is 4.90 Å². The van der Waals surface area contributed by atoms with E-state index < -0.39 is 29.6 Å². The summed E-state index contributed by atoms with van der Waals surface area (Å²) in [7, 11) is 3.16. The van der Waals surface area contributed by atoms with Crippen LogP contribution in [0.2, 0.25) is 0 Å². The number of pyridine rings is 1. The molecule has 0 saturated heterocycles. The Morgan fingerprint density at radius 3 is 2.05 bits per heavy atom. The molecule has 0 fully saturated rings. The Labute approximate surface area is 122 Å². The molecule has 124 valence electrons. The minimum atomic E-state index is -5.14. The molecular weight excluding hydrogens is 316 g/mol. The molecule has 1 heterocycles. The second kappa shape index (κ2) is 6.51. The standard InChI is InChI=1S/C12H13F6N3O/c1-20(2)5-6-21(10(22)12(16,17)18)9-4-3-8(7-19-9)11(13,14)15/h3-4,7H,5-6H2,1-2H3. The van der Waals surface area contributed by atoms with Gasteiger partial charge in [0.15, 0.2) is 0 Å². The van der Waals surface area contributed by atoms with Crippen molar-refractivity contribution in [3.8, 4) is 0 Å². The van der Waals surface area contributed by atoms with Gasteiger partial charge < -0.3 is 4.90 Å². The Balaban J connectivity index is 3.08. The lowest BCUT2D eigenvalue weighted by molar-refractivity contribution is -0.170. The molecule has 0 unspecified atom stereocenters. The Morgan fingerprint density at radius 1 is 1.09 bits per heavy atom. The number of halogens is 6. The molecule has 0 bridgehead atoms. The minimum absolute atomic E-state index is 0.0878. The zero-order chi connectivity index (χ0) is 17.1. The highest BCUT2D eigenvalue weighted by atomic mass is 19.4. The van der Waals surface area contributed by atoms with Crippen molar-refractivity contribution in [1.82, 2.24) is 9.88 Å². The second-order valence-electron chi connectivity index (χ2n) is 4.66. The summed E-state index contributed by atoms with van der Waals surface area (Å²) in [4.78, 5) is 16.5. The summed E-state index contributed by atoms with van der Waals surface area (Å²) in [5.74, 6) is -2.67. The van der Waals surface area contributed by atoms with Crippen LogP contribution in [-0.4, -0.2) is 49.2 Å². The number of nitrogens with zero attached hydrogens (tertiary/aromatic N) is 3. The number of carbonyl (C=O) groups is 1. The smallest absolute Gasteiger partial charge is 0.308 e. The lowest BCUT2D eigenvalue weighted by atomic mass is 10.2.